The summed E-state index contributed by atoms with van der Waals surface area (Å²) in [5.74, 6) is 0.937. The SMILES string of the molecule is CCC(CC)N(CC)CC1CCNCC1. The van der Waals surface area contributed by atoms with Crippen LogP contribution in [0.3, 0.4) is 0 Å². The molecule has 2 nitrogen and oxygen atoms in total. The highest BCUT2D eigenvalue weighted by atomic mass is 15.1. The van der Waals surface area contributed by atoms with Gasteiger partial charge in [-0.3, -0.25) is 0 Å². The van der Waals surface area contributed by atoms with Crippen LogP contribution in [0.25, 0.3) is 0 Å². The van der Waals surface area contributed by atoms with Crippen LogP contribution in [0.1, 0.15) is 46.5 Å². The molecule has 0 atom stereocenters. The lowest BCUT2D eigenvalue weighted by molar-refractivity contribution is 0.151. The van der Waals surface area contributed by atoms with E-state index in [1.54, 1.807) is 0 Å². The second kappa shape index (κ2) is 7.24. The molecule has 0 aromatic heterocycles. The van der Waals surface area contributed by atoms with E-state index in [0.717, 1.165) is 12.0 Å². The van der Waals surface area contributed by atoms with Crippen molar-refractivity contribution in [1.29, 1.82) is 0 Å². The molecule has 1 fully saturated rings. The number of nitrogens with zero attached hydrogens (tertiary/aromatic N) is 1. The molecule has 1 saturated heterocycles. The van der Waals surface area contributed by atoms with Crippen LogP contribution in [0.4, 0.5) is 0 Å². The van der Waals surface area contributed by atoms with E-state index in [-0.39, 0.29) is 0 Å². The zero-order valence-corrected chi connectivity index (χ0v) is 10.8. The molecule has 0 aromatic rings. The zero-order valence-electron chi connectivity index (χ0n) is 10.8. The van der Waals surface area contributed by atoms with Gasteiger partial charge in [-0.05, 0) is 51.2 Å². The van der Waals surface area contributed by atoms with Crippen molar-refractivity contribution in [2.75, 3.05) is 26.2 Å². The number of hydrogen-bond acceptors (Lipinski definition) is 2. The molecule has 0 unspecified atom stereocenters. The van der Waals surface area contributed by atoms with Crippen molar-refractivity contribution < 1.29 is 0 Å². The Labute approximate surface area is 95.4 Å². The van der Waals surface area contributed by atoms with Gasteiger partial charge in [0.15, 0.2) is 0 Å². The van der Waals surface area contributed by atoms with E-state index in [1.807, 2.05) is 0 Å². The van der Waals surface area contributed by atoms with Crippen LogP contribution in [0, 0.1) is 5.92 Å². The summed E-state index contributed by atoms with van der Waals surface area (Å²) in [5, 5.41) is 3.44. The lowest BCUT2D eigenvalue weighted by Crippen LogP contribution is -2.41. The maximum absolute atomic E-state index is 3.44. The third kappa shape index (κ3) is 4.12. The van der Waals surface area contributed by atoms with Crippen LogP contribution in [-0.2, 0) is 0 Å². The molecule has 0 aromatic carbocycles. The minimum atomic E-state index is 0.810. The fourth-order valence-electron chi connectivity index (χ4n) is 2.74. The Morgan fingerprint density at radius 3 is 2.20 bits per heavy atom. The molecular formula is C13H28N2. The monoisotopic (exact) mass is 212 g/mol. The Hall–Kier alpha value is -0.0800. The topological polar surface area (TPSA) is 15.3 Å². The third-order valence-electron chi connectivity index (χ3n) is 3.82. The maximum Gasteiger partial charge on any atom is 0.00900 e. The summed E-state index contributed by atoms with van der Waals surface area (Å²) in [4.78, 5) is 2.69. The van der Waals surface area contributed by atoms with Crippen LogP contribution in [0.2, 0.25) is 0 Å². The summed E-state index contributed by atoms with van der Waals surface area (Å²) in [6, 6.07) is 0.810. The predicted molar refractivity (Wildman–Crippen MR) is 67.2 cm³/mol. The van der Waals surface area contributed by atoms with Gasteiger partial charge in [-0.2, -0.15) is 0 Å². The lowest BCUT2D eigenvalue weighted by Gasteiger charge is -2.34. The van der Waals surface area contributed by atoms with E-state index >= 15 is 0 Å². The standard InChI is InChI=1S/C13H28N2/c1-4-13(5-2)15(6-3)11-12-7-9-14-10-8-12/h12-14H,4-11H2,1-3H3. The Balaban J connectivity index is 2.36. The number of hydrogen-bond donors (Lipinski definition) is 1. The molecule has 0 amide bonds. The molecular weight excluding hydrogens is 184 g/mol. The highest BCUT2D eigenvalue weighted by Crippen LogP contribution is 2.17. The summed E-state index contributed by atoms with van der Waals surface area (Å²) in [5.41, 5.74) is 0. The largest absolute Gasteiger partial charge is 0.317 e. The van der Waals surface area contributed by atoms with Gasteiger partial charge in [-0.1, -0.05) is 20.8 Å². The fraction of sp³-hybridized carbons (Fsp3) is 1.00. The van der Waals surface area contributed by atoms with E-state index in [2.05, 4.69) is 31.0 Å². The Bertz CT molecular complexity index is 149. The van der Waals surface area contributed by atoms with Crippen molar-refractivity contribution >= 4 is 0 Å². The molecule has 0 saturated carbocycles. The highest BCUT2D eigenvalue weighted by molar-refractivity contribution is 4.75. The van der Waals surface area contributed by atoms with E-state index in [1.165, 1.54) is 51.9 Å². The van der Waals surface area contributed by atoms with E-state index in [0.29, 0.717) is 0 Å². The van der Waals surface area contributed by atoms with Gasteiger partial charge in [0.05, 0.1) is 0 Å². The number of rotatable bonds is 6. The average Bonchev–Trinajstić information content (AvgIpc) is 2.30. The first kappa shape index (κ1) is 13.0. The zero-order chi connectivity index (χ0) is 11.1. The van der Waals surface area contributed by atoms with Gasteiger partial charge in [0.1, 0.15) is 0 Å². The molecule has 1 aliphatic heterocycles. The Morgan fingerprint density at radius 2 is 1.73 bits per heavy atom. The van der Waals surface area contributed by atoms with Crippen molar-refractivity contribution in [2.24, 2.45) is 5.92 Å². The highest BCUT2D eigenvalue weighted by Gasteiger charge is 2.19. The molecule has 1 aliphatic rings. The first-order chi connectivity index (χ1) is 7.31. The van der Waals surface area contributed by atoms with Crippen LogP contribution >= 0.6 is 0 Å². The maximum atomic E-state index is 3.44. The van der Waals surface area contributed by atoms with Crippen molar-refractivity contribution in [2.45, 2.75) is 52.5 Å². The van der Waals surface area contributed by atoms with Gasteiger partial charge in [0, 0.05) is 12.6 Å². The van der Waals surface area contributed by atoms with Crippen LogP contribution < -0.4 is 5.32 Å². The van der Waals surface area contributed by atoms with Crippen LogP contribution in [0.15, 0.2) is 0 Å². The van der Waals surface area contributed by atoms with E-state index in [9.17, 15) is 0 Å². The van der Waals surface area contributed by atoms with Gasteiger partial charge < -0.3 is 10.2 Å². The minimum absolute atomic E-state index is 0.810. The molecule has 0 radical (unpaired) electrons. The summed E-state index contributed by atoms with van der Waals surface area (Å²) in [6.45, 7) is 11.9. The van der Waals surface area contributed by atoms with Gasteiger partial charge in [0.25, 0.3) is 0 Å². The number of piperidine rings is 1. The first-order valence-electron chi connectivity index (χ1n) is 6.76. The average molecular weight is 212 g/mol. The van der Waals surface area contributed by atoms with Gasteiger partial charge >= 0.3 is 0 Å². The molecule has 1 rings (SSSR count). The van der Waals surface area contributed by atoms with Crippen molar-refractivity contribution in [3.8, 4) is 0 Å². The Morgan fingerprint density at radius 1 is 1.13 bits per heavy atom. The second-order valence-electron chi connectivity index (χ2n) is 4.75. The first-order valence-corrected chi connectivity index (χ1v) is 6.76. The molecule has 90 valence electrons. The molecule has 0 bridgehead atoms. The summed E-state index contributed by atoms with van der Waals surface area (Å²) in [6.07, 6.45) is 5.35. The second-order valence-corrected chi connectivity index (χ2v) is 4.75. The van der Waals surface area contributed by atoms with Gasteiger partial charge in [-0.25, -0.2) is 0 Å². The minimum Gasteiger partial charge on any atom is -0.317 e. The van der Waals surface area contributed by atoms with Gasteiger partial charge in [-0.15, -0.1) is 0 Å². The van der Waals surface area contributed by atoms with Crippen LogP contribution in [-0.4, -0.2) is 37.1 Å². The van der Waals surface area contributed by atoms with Crippen LogP contribution in [0.5, 0.6) is 0 Å². The van der Waals surface area contributed by atoms with Gasteiger partial charge in [0.2, 0.25) is 0 Å². The molecule has 0 aliphatic carbocycles. The quantitative estimate of drug-likeness (QED) is 0.728. The lowest BCUT2D eigenvalue weighted by atomic mass is 9.96. The third-order valence-corrected chi connectivity index (χ3v) is 3.82. The fourth-order valence-corrected chi connectivity index (χ4v) is 2.74. The number of nitrogens with one attached hydrogen (secondary N) is 1. The van der Waals surface area contributed by atoms with Crippen molar-refractivity contribution in [3.05, 3.63) is 0 Å². The molecule has 1 N–H and O–H groups in total. The van der Waals surface area contributed by atoms with Crippen molar-refractivity contribution in [1.82, 2.24) is 10.2 Å². The van der Waals surface area contributed by atoms with E-state index < -0.39 is 0 Å². The molecule has 1 heterocycles. The smallest absolute Gasteiger partial charge is 0.00900 e. The summed E-state index contributed by atoms with van der Waals surface area (Å²) < 4.78 is 0. The summed E-state index contributed by atoms with van der Waals surface area (Å²) in [7, 11) is 0. The predicted octanol–water partition coefficient (Wildman–Crippen LogP) is 2.50. The normalized spacial score (nSPS) is 19.0. The molecule has 15 heavy (non-hydrogen) atoms. The summed E-state index contributed by atoms with van der Waals surface area (Å²) >= 11 is 0. The Kier molecular flexibility index (Phi) is 6.26. The van der Waals surface area contributed by atoms with E-state index in [4.69, 9.17) is 0 Å². The van der Waals surface area contributed by atoms with Crippen molar-refractivity contribution in [3.63, 3.8) is 0 Å². The molecule has 2 heteroatoms. The molecule has 0 spiro atoms.